The molecule has 0 atom stereocenters. The molecule has 0 unspecified atom stereocenters. The molecule has 0 radical (unpaired) electrons. The van der Waals surface area contributed by atoms with Gasteiger partial charge in [-0.1, -0.05) is 0 Å². The molecule has 0 saturated heterocycles. The van der Waals surface area contributed by atoms with Crippen molar-refractivity contribution in [1.82, 2.24) is 0 Å². The summed E-state index contributed by atoms with van der Waals surface area (Å²) in [5, 5.41) is 0. The van der Waals surface area contributed by atoms with Crippen LogP contribution in [0, 0.1) is 0 Å². The summed E-state index contributed by atoms with van der Waals surface area (Å²) in [7, 11) is 0. The normalized spacial score (nSPS) is 9.89. The Bertz CT molecular complexity index is 162. The van der Waals surface area contributed by atoms with E-state index < -0.39 is 0 Å². The minimum absolute atomic E-state index is 0.0988. The number of rotatable bonds is 2. The van der Waals surface area contributed by atoms with Crippen LogP contribution in [0.5, 0.6) is 0 Å². The second kappa shape index (κ2) is 3.81. The molecule has 1 aromatic carbocycles. The first-order valence-electron chi connectivity index (χ1n) is 2.70. The molecule has 2 heteroatoms. The molecule has 0 bridgehead atoms. The van der Waals surface area contributed by atoms with E-state index in [1.807, 2.05) is 6.07 Å². The van der Waals surface area contributed by atoms with E-state index >= 15 is 0 Å². The van der Waals surface area contributed by atoms with E-state index in [-0.39, 0.29) is 18.6 Å². The molecular weight excluding hydrogens is 293 g/mol. The molecule has 1 nitrogen and oxygen atoms in total. The van der Waals surface area contributed by atoms with Crippen molar-refractivity contribution in [3.05, 3.63) is 30.3 Å². The maximum absolute atomic E-state index is 5.41. The zero-order valence-corrected chi connectivity index (χ0v) is 7.26. The van der Waals surface area contributed by atoms with Crippen molar-refractivity contribution in [3.63, 3.8) is 0 Å². The van der Waals surface area contributed by atoms with Gasteiger partial charge in [0.1, 0.15) is 0 Å². The third-order valence-corrected chi connectivity index (χ3v) is 3.06. The molecule has 0 spiro atoms. The van der Waals surface area contributed by atoms with Crippen LogP contribution >= 0.6 is 0 Å². The SMILES string of the molecule is N[CH2][Pt][c]1ccccc1. The Morgan fingerprint density at radius 3 is 2.44 bits per heavy atom. The monoisotopic (exact) mass is 302 g/mol. The minimum atomic E-state index is 0.0988. The van der Waals surface area contributed by atoms with Crippen LogP contribution < -0.4 is 9.69 Å². The molecule has 52 valence electrons. The number of nitrogens with two attached hydrogens (primary N) is 1. The van der Waals surface area contributed by atoms with E-state index in [4.69, 9.17) is 5.73 Å². The van der Waals surface area contributed by atoms with Gasteiger partial charge in [0.2, 0.25) is 0 Å². The standard InChI is InChI=1S/C6H5.CH4N.Pt/c1-2-4-6-5-3-1;1-2;/h1-5H;1-2H2;. The third-order valence-electron chi connectivity index (χ3n) is 0.906. The Hall–Kier alpha value is -0.132. The Labute approximate surface area is 63.8 Å². The summed E-state index contributed by atoms with van der Waals surface area (Å²) in [4.78, 5) is 0.851. The van der Waals surface area contributed by atoms with Crippen LogP contribution in [0.3, 0.4) is 0 Å². The molecule has 2 N–H and O–H groups in total. The fourth-order valence-corrected chi connectivity index (χ4v) is 2.06. The molecule has 0 saturated carbocycles. The number of benzene rings is 1. The fourth-order valence-electron chi connectivity index (χ4n) is 0.552. The van der Waals surface area contributed by atoms with E-state index in [1.165, 1.54) is 3.95 Å². The molecule has 0 aromatic heterocycles. The molecule has 0 aliphatic heterocycles. The maximum atomic E-state index is 5.41. The Morgan fingerprint density at radius 2 is 1.89 bits per heavy atom. The van der Waals surface area contributed by atoms with Gasteiger partial charge >= 0.3 is 63.5 Å². The molecule has 0 fully saturated rings. The predicted octanol–water partition coefficient (Wildman–Crippen LogP) is 0.311. The van der Waals surface area contributed by atoms with Gasteiger partial charge in [-0.2, -0.15) is 0 Å². The summed E-state index contributed by atoms with van der Waals surface area (Å²) in [5.74, 6) is 0. The molecule has 0 aliphatic rings. The second-order valence-electron chi connectivity index (χ2n) is 1.50. The van der Waals surface area contributed by atoms with E-state index in [9.17, 15) is 0 Å². The summed E-state index contributed by atoms with van der Waals surface area (Å²) in [6, 6.07) is 10.4. The summed E-state index contributed by atoms with van der Waals surface area (Å²) in [6.45, 7) is 0. The van der Waals surface area contributed by atoms with Crippen molar-refractivity contribution in [3.8, 4) is 0 Å². The van der Waals surface area contributed by atoms with Crippen LogP contribution in [0.1, 0.15) is 0 Å². The quantitative estimate of drug-likeness (QED) is 0.836. The Kier molecular flexibility index (Phi) is 2.96. The van der Waals surface area contributed by atoms with Gasteiger partial charge in [-0.05, 0) is 0 Å². The van der Waals surface area contributed by atoms with Gasteiger partial charge in [0, 0.05) is 0 Å². The molecule has 0 aliphatic carbocycles. The van der Waals surface area contributed by atoms with Crippen molar-refractivity contribution in [1.29, 1.82) is 0 Å². The first kappa shape index (κ1) is 6.98. The summed E-state index contributed by atoms with van der Waals surface area (Å²) in [5.41, 5.74) is 5.41. The van der Waals surface area contributed by atoms with Gasteiger partial charge in [-0.15, -0.1) is 0 Å². The first-order chi connectivity index (χ1) is 4.43. The Morgan fingerprint density at radius 1 is 1.22 bits per heavy atom. The summed E-state index contributed by atoms with van der Waals surface area (Å²) < 4.78 is 1.43. The third kappa shape index (κ3) is 2.29. The summed E-state index contributed by atoms with van der Waals surface area (Å²) in [6.07, 6.45) is 0. The predicted molar refractivity (Wildman–Crippen MR) is 35.1 cm³/mol. The van der Waals surface area contributed by atoms with Crippen molar-refractivity contribution >= 4 is 3.95 Å². The topological polar surface area (TPSA) is 26.0 Å². The van der Waals surface area contributed by atoms with E-state index in [0.717, 1.165) is 4.93 Å². The van der Waals surface area contributed by atoms with Crippen molar-refractivity contribution < 1.29 is 18.6 Å². The van der Waals surface area contributed by atoms with Crippen LogP contribution in [0.4, 0.5) is 0 Å². The molecule has 0 amide bonds. The van der Waals surface area contributed by atoms with Crippen LogP contribution in [0.2, 0.25) is 0 Å². The van der Waals surface area contributed by atoms with E-state index in [0.29, 0.717) is 0 Å². The summed E-state index contributed by atoms with van der Waals surface area (Å²) >= 11 is 0.0988. The van der Waals surface area contributed by atoms with Gasteiger partial charge in [0.05, 0.1) is 0 Å². The number of hydrogen-bond acceptors (Lipinski definition) is 1. The fraction of sp³-hybridized carbons (Fsp3) is 0.143. The van der Waals surface area contributed by atoms with Gasteiger partial charge in [0.15, 0.2) is 0 Å². The first-order valence-corrected chi connectivity index (χ1v) is 5.44. The average molecular weight is 302 g/mol. The van der Waals surface area contributed by atoms with Gasteiger partial charge < -0.3 is 0 Å². The zero-order valence-electron chi connectivity index (χ0n) is 4.99. The van der Waals surface area contributed by atoms with Crippen LogP contribution in [0.25, 0.3) is 0 Å². The van der Waals surface area contributed by atoms with Crippen LogP contribution in [-0.4, -0.2) is 4.93 Å². The van der Waals surface area contributed by atoms with Crippen molar-refractivity contribution in [2.24, 2.45) is 5.73 Å². The van der Waals surface area contributed by atoms with Crippen molar-refractivity contribution in [2.45, 2.75) is 0 Å². The molecular formula is C7H9NPt. The Balaban J connectivity index is 2.61. The van der Waals surface area contributed by atoms with Gasteiger partial charge in [-0.25, -0.2) is 0 Å². The van der Waals surface area contributed by atoms with Gasteiger partial charge in [-0.3, -0.25) is 0 Å². The van der Waals surface area contributed by atoms with E-state index in [1.54, 1.807) is 0 Å². The van der Waals surface area contributed by atoms with Gasteiger partial charge in [0.25, 0.3) is 0 Å². The second-order valence-corrected chi connectivity index (χ2v) is 4.54. The zero-order chi connectivity index (χ0) is 6.53. The average Bonchev–Trinajstić information content (AvgIpc) is 1.91. The number of hydrogen-bond donors (Lipinski definition) is 1. The van der Waals surface area contributed by atoms with E-state index in [2.05, 4.69) is 24.3 Å². The molecule has 1 rings (SSSR count). The molecule has 1 aromatic rings. The van der Waals surface area contributed by atoms with Crippen LogP contribution in [0.15, 0.2) is 30.3 Å². The molecule has 0 heterocycles. The molecule has 9 heavy (non-hydrogen) atoms. The van der Waals surface area contributed by atoms with Crippen LogP contribution in [-0.2, 0) is 18.6 Å². The van der Waals surface area contributed by atoms with Crippen molar-refractivity contribution in [2.75, 3.05) is 4.93 Å².